The van der Waals surface area contributed by atoms with Crippen LogP contribution in [0.4, 0.5) is 0 Å². The molecule has 2 unspecified atom stereocenters. The van der Waals surface area contributed by atoms with Gasteiger partial charge >= 0.3 is 0 Å². The highest BCUT2D eigenvalue weighted by atomic mass is 16.5. The number of aliphatic hydroxyl groups excluding tert-OH is 1. The van der Waals surface area contributed by atoms with Gasteiger partial charge in [-0.25, -0.2) is 0 Å². The van der Waals surface area contributed by atoms with E-state index in [-0.39, 0.29) is 17.7 Å². The van der Waals surface area contributed by atoms with Crippen LogP contribution in [0.3, 0.4) is 0 Å². The van der Waals surface area contributed by atoms with Crippen molar-refractivity contribution >= 4 is 11.8 Å². The summed E-state index contributed by atoms with van der Waals surface area (Å²) in [7, 11) is 0. The SMILES string of the molecule is CCOCC(O)CN1CCN(C(=O)C2CC(=O)N(CC)C2)CC1. The lowest BCUT2D eigenvalue weighted by Gasteiger charge is -2.36. The number of hydrogen-bond acceptors (Lipinski definition) is 5. The minimum absolute atomic E-state index is 0.0866. The molecule has 0 aromatic carbocycles. The largest absolute Gasteiger partial charge is 0.389 e. The van der Waals surface area contributed by atoms with Gasteiger partial charge in [-0.15, -0.1) is 0 Å². The second-order valence-electron chi connectivity index (χ2n) is 6.27. The second-order valence-corrected chi connectivity index (χ2v) is 6.27. The van der Waals surface area contributed by atoms with Gasteiger partial charge in [0.25, 0.3) is 0 Å². The first-order chi connectivity index (χ1) is 11.0. The summed E-state index contributed by atoms with van der Waals surface area (Å²) in [5, 5.41) is 9.88. The Morgan fingerprint density at radius 3 is 2.57 bits per heavy atom. The maximum Gasteiger partial charge on any atom is 0.228 e. The van der Waals surface area contributed by atoms with Crippen molar-refractivity contribution < 1.29 is 19.4 Å². The summed E-state index contributed by atoms with van der Waals surface area (Å²) >= 11 is 0. The maximum absolute atomic E-state index is 12.5. The molecule has 0 aromatic heterocycles. The first kappa shape index (κ1) is 18.2. The third-order valence-corrected chi connectivity index (χ3v) is 4.61. The lowest BCUT2D eigenvalue weighted by molar-refractivity contribution is -0.137. The predicted molar refractivity (Wildman–Crippen MR) is 85.9 cm³/mol. The van der Waals surface area contributed by atoms with Gasteiger partial charge in [0.2, 0.25) is 11.8 Å². The van der Waals surface area contributed by atoms with Gasteiger partial charge in [0, 0.05) is 58.8 Å². The summed E-state index contributed by atoms with van der Waals surface area (Å²) in [5.74, 6) is 0.00453. The zero-order chi connectivity index (χ0) is 16.8. The molecule has 2 amide bonds. The second kappa shape index (κ2) is 8.61. The van der Waals surface area contributed by atoms with Gasteiger partial charge in [-0.05, 0) is 13.8 Å². The standard InChI is InChI=1S/C16H29N3O4/c1-3-18-10-13(9-15(18)21)16(22)19-7-5-17(6-8-19)11-14(20)12-23-4-2/h13-14,20H,3-12H2,1-2H3. The number of aliphatic hydroxyl groups is 1. The van der Waals surface area contributed by atoms with E-state index in [0.29, 0.717) is 52.4 Å². The third kappa shape index (κ3) is 4.89. The van der Waals surface area contributed by atoms with Gasteiger partial charge in [0.15, 0.2) is 0 Å². The number of carbonyl (C=O) groups is 2. The van der Waals surface area contributed by atoms with Crippen molar-refractivity contribution in [3.8, 4) is 0 Å². The molecule has 23 heavy (non-hydrogen) atoms. The zero-order valence-corrected chi connectivity index (χ0v) is 14.2. The average Bonchev–Trinajstić information content (AvgIpc) is 2.94. The highest BCUT2D eigenvalue weighted by Crippen LogP contribution is 2.20. The normalized spacial score (nSPS) is 24.3. The van der Waals surface area contributed by atoms with Crippen molar-refractivity contribution in [2.45, 2.75) is 26.4 Å². The number of β-amino-alcohol motifs (C(OH)–C–C–N with tert-alkyl or cyclic N) is 1. The molecule has 2 aliphatic rings. The van der Waals surface area contributed by atoms with Crippen molar-refractivity contribution in [1.82, 2.24) is 14.7 Å². The van der Waals surface area contributed by atoms with Crippen molar-refractivity contribution in [3.05, 3.63) is 0 Å². The first-order valence-corrected chi connectivity index (χ1v) is 8.59. The van der Waals surface area contributed by atoms with Crippen LogP contribution in [-0.2, 0) is 14.3 Å². The molecule has 2 saturated heterocycles. The molecule has 0 aromatic rings. The summed E-state index contributed by atoms with van der Waals surface area (Å²) in [5.41, 5.74) is 0. The number of nitrogens with zero attached hydrogens (tertiary/aromatic N) is 3. The number of amides is 2. The minimum atomic E-state index is -0.484. The molecular weight excluding hydrogens is 298 g/mol. The zero-order valence-electron chi connectivity index (χ0n) is 14.2. The van der Waals surface area contributed by atoms with Crippen LogP contribution in [0.15, 0.2) is 0 Å². The molecule has 2 heterocycles. The molecule has 7 nitrogen and oxygen atoms in total. The van der Waals surface area contributed by atoms with Crippen LogP contribution in [0.2, 0.25) is 0 Å². The van der Waals surface area contributed by atoms with Crippen LogP contribution in [0.5, 0.6) is 0 Å². The van der Waals surface area contributed by atoms with Gasteiger partial charge in [-0.1, -0.05) is 0 Å². The number of likely N-dealkylation sites (tertiary alicyclic amines) is 1. The molecule has 2 aliphatic heterocycles. The number of carbonyl (C=O) groups excluding carboxylic acids is 2. The van der Waals surface area contributed by atoms with Gasteiger partial charge in [0.1, 0.15) is 0 Å². The molecule has 1 N–H and O–H groups in total. The van der Waals surface area contributed by atoms with E-state index in [1.807, 2.05) is 18.7 Å². The quantitative estimate of drug-likeness (QED) is 0.676. The minimum Gasteiger partial charge on any atom is -0.389 e. The Bertz CT molecular complexity index is 410. The Hall–Kier alpha value is -1.18. The highest BCUT2D eigenvalue weighted by Gasteiger charge is 2.36. The predicted octanol–water partition coefficient (Wildman–Crippen LogP) is -0.604. The van der Waals surface area contributed by atoms with Gasteiger partial charge in [-0.2, -0.15) is 0 Å². The van der Waals surface area contributed by atoms with E-state index in [4.69, 9.17) is 4.74 Å². The van der Waals surface area contributed by atoms with Crippen LogP contribution >= 0.6 is 0 Å². The number of rotatable bonds is 7. The van der Waals surface area contributed by atoms with E-state index < -0.39 is 6.10 Å². The lowest BCUT2D eigenvalue weighted by atomic mass is 10.1. The van der Waals surface area contributed by atoms with E-state index in [9.17, 15) is 14.7 Å². The fourth-order valence-electron chi connectivity index (χ4n) is 3.26. The van der Waals surface area contributed by atoms with Crippen molar-refractivity contribution in [2.24, 2.45) is 5.92 Å². The topological polar surface area (TPSA) is 73.3 Å². The lowest BCUT2D eigenvalue weighted by Crippen LogP contribution is -2.52. The van der Waals surface area contributed by atoms with Crippen LogP contribution in [0.1, 0.15) is 20.3 Å². The fourth-order valence-corrected chi connectivity index (χ4v) is 3.26. The Morgan fingerprint density at radius 2 is 2.00 bits per heavy atom. The molecular formula is C16H29N3O4. The van der Waals surface area contributed by atoms with Gasteiger partial charge in [0.05, 0.1) is 18.6 Å². The summed E-state index contributed by atoms with van der Waals surface area (Å²) < 4.78 is 5.22. The smallest absolute Gasteiger partial charge is 0.228 e. The van der Waals surface area contributed by atoms with Gasteiger partial charge < -0.3 is 19.6 Å². The van der Waals surface area contributed by atoms with Crippen molar-refractivity contribution in [3.63, 3.8) is 0 Å². The molecule has 0 bridgehead atoms. The summed E-state index contributed by atoms with van der Waals surface area (Å²) in [6.45, 7) is 9.46. The highest BCUT2D eigenvalue weighted by molar-refractivity contribution is 5.89. The fraction of sp³-hybridized carbons (Fsp3) is 0.875. The monoisotopic (exact) mass is 327 g/mol. The summed E-state index contributed by atoms with van der Waals surface area (Å²) in [4.78, 5) is 30.1. The van der Waals surface area contributed by atoms with Crippen LogP contribution in [0.25, 0.3) is 0 Å². The summed E-state index contributed by atoms with van der Waals surface area (Å²) in [6, 6.07) is 0. The maximum atomic E-state index is 12.5. The molecule has 2 fully saturated rings. The Kier molecular flexibility index (Phi) is 6.80. The van der Waals surface area contributed by atoms with Crippen LogP contribution in [-0.4, -0.2) is 96.8 Å². The average molecular weight is 327 g/mol. The first-order valence-electron chi connectivity index (χ1n) is 8.59. The van der Waals surface area contributed by atoms with Gasteiger partial charge in [-0.3, -0.25) is 14.5 Å². The Morgan fingerprint density at radius 1 is 1.30 bits per heavy atom. The Balaban J connectivity index is 1.74. The number of hydrogen-bond donors (Lipinski definition) is 1. The van der Waals surface area contributed by atoms with E-state index in [2.05, 4.69) is 4.90 Å². The molecule has 0 radical (unpaired) electrons. The van der Waals surface area contributed by atoms with E-state index in [0.717, 1.165) is 13.1 Å². The molecule has 0 aliphatic carbocycles. The van der Waals surface area contributed by atoms with Crippen molar-refractivity contribution in [2.75, 3.05) is 59.0 Å². The molecule has 2 rings (SSSR count). The van der Waals surface area contributed by atoms with Crippen LogP contribution in [0, 0.1) is 5.92 Å². The third-order valence-electron chi connectivity index (χ3n) is 4.61. The summed E-state index contributed by atoms with van der Waals surface area (Å²) in [6.07, 6.45) is -0.136. The Labute approximate surface area is 138 Å². The number of ether oxygens (including phenoxy) is 1. The molecule has 7 heteroatoms. The van der Waals surface area contributed by atoms with E-state index in [1.54, 1.807) is 4.90 Å². The number of piperazine rings is 1. The van der Waals surface area contributed by atoms with Crippen LogP contribution < -0.4 is 0 Å². The van der Waals surface area contributed by atoms with E-state index in [1.165, 1.54) is 0 Å². The molecule has 0 spiro atoms. The molecule has 2 atom stereocenters. The van der Waals surface area contributed by atoms with Crippen molar-refractivity contribution in [1.29, 1.82) is 0 Å². The molecule has 0 saturated carbocycles. The van der Waals surface area contributed by atoms with E-state index >= 15 is 0 Å². The molecule has 132 valence electrons.